The second-order valence-electron chi connectivity index (χ2n) is 3.81. The highest BCUT2D eigenvalue weighted by Crippen LogP contribution is 2.22. The molecule has 0 aliphatic rings. The minimum Gasteiger partial charge on any atom is -0.257 e. The van der Waals surface area contributed by atoms with E-state index in [1.54, 1.807) is 11.3 Å². The van der Waals surface area contributed by atoms with E-state index in [2.05, 4.69) is 40.7 Å². The average Bonchev–Trinajstić information content (AvgIpc) is 2.85. The van der Waals surface area contributed by atoms with E-state index in [1.165, 1.54) is 15.6 Å². The average molecular weight is 237 g/mol. The Bertz CT molecular complexity index is 653. The summed E-state index contributed by atoms with van der Waals surface area (Å²) in [6.45, 7) is 0. The maximum Gasteiger partial charge on any atom is 0.0629 e. The molecule has 3 rings (SSSR count). The number of hydrogen-bond acceptors (Lipinski definition) is 2. The summed E-state index contributed by atoms with van der Waals surface area (Å²) in [5, 5.41) is 3.43. The summed E-state index contributed by atoms with van der Waals surface area (Å²) in [6.07, 6.45) is 5.94. The molecule has 0 saturated heterocycles. The van der Waals surface area contributed by atoms with Crippen molar-refractivity contribution in [1.29, 1.82) is 0 Å². The maximum atomic E-state index is 4.26. The summed E-state index contributed by atoms with van der Waals surface area (Å²) < 4.78 is 1.33. The quantitative estimate of drug-likeness (QED) is 0.641. The molecule has 0 fully saturated rings. The number of thiophene rings is 1. The van der Waals surface area contributed by atoms with Gasteiger partial charge < -0.3 is 0 Å². The van der Waals surface area contributed by atoms with Gasteiger partial charge in [0.1, 0.15) is 0 Å². The summed E-state index contributed by atoms with van der Waals surface area (Å²) in [5.41, 5.74) is 2.19. The van der Waals surface area contributed by atoms with Crippen LogP contribution in [0, 0.1) is 0 Å². The van der Waals surface area contributed by atoms with E-state index in [9.17, 15) is 0 Å². The predicted molar refractivity (Wildman–Crippen MR) is 75.0 cm³/mol. The first-order valence-electron chi connectivity index (χ1n) is 5.48. The van der Waals surface area contributed by atoms with E-state index in [4.69, 9.17) is 0 Å². The summed E-state index contributed by atoms with van der Waals surface area (Å²) in [4.78, 5) is 4.26. The number of nitrogens with zero attached hydrogens (tertiary/aromatic N) is 1. The van der Waals surface area contributed by atoms with Crippen molar-refractivity contribution >= 4 is 33.6 Å². The Labute approximate surface area is 104 Å². The summed E-state index contributed by atoms with van der Waals surface area (Å²) in [7, 11) is 0. The van der Waals surface area contributed by atoms with Crippen molar-refractivity contribution < 1.29 is 0 Å². The van der Waals surface area contributed by atoms with Crippen LogP contribution in [0.5, 0.6) is 0 Å². The van der Waals surface area contributed by atoms with Crippen molar-refractivity contribution in [1.82, 2.24) is 4.98 Å². The number of pyridine rings is 1. The lowest BCUT2D eigenvalue weighted by molar-refractivity contribution is 1.30. The van der Waals surface area contributed by atoms with Crippen molar-refractivity contribution in [2.75, 3.05) is 0 Å². The highest BCUT2D eigenvalue weighted by Gasteiger charge is 1.94. The zero-order chi connectivity index (χ0) is 11.5. The van der Waals surface area contributed by atoms with E-state index in [0.29, 0.717) is 0 Å². The lowest BCUT2D eigenvalue weighted by Crippen LogP contribution is -1.76. The number of aromatic nitrogens is 1. The van der Waals surface area contributed by atoms with Gasteiger partial charge in [0.2, 0.25) is 0 Å². The molecule has 0 aliphatic carbocycles. The van der Waals surface area contributed by atoms with E-state index in [1.807, 2.05) is 30.5 Å². The molecular weight excluding hydrogens is 226 g/mol. The summed E-state index contributed by atoms with van der Waals surface area (Å²) in [6, 6.07) is 14.6. The van der Waals surface area contributed by atoms with Crippen LogP contribution < -0.4 is 0 Å². The molecule has 0 N–H and O–H groups in total. The fraction of sp³-hybridized carbons (Fsp3) is 0. The Morgan fingerprint density at radius 2 is 2.00 bits per heavy atom. The van der Waals surface area contributed by atoms with Gasteiger partial charge in [0.15, 0.2) is 0 Å². The lowest BCUT2D eigenvalue weighted by Gasteiger charge is -1.94. The van der Waals surface area contributed by atoms with Gasteiger partial charge in [-0.15, -0.1) is 11.3 Å². The Morgan fingerprint density at radius 3 is 2.88 bits per heavy atom. The Balaban J connectivity index is 1.92. The normalized spacial score (nSPS) is 11.3. The third kappa shape index (κ3) is 2.27. The molecule has 0 saturated carbocycles. The van der Waals surface area contributed by atoms with Crippen LogP contribution in [0.25, 0.3) is 22.2 Å². The summed E-state index contributed by atoms with van der Waals surface area (Å²) in [5.74, 6) is 0. The minimum atomic E-state index is 0.984. The first-order chi connectivity index (χ1) is 8.42. The van der Waals surface area contributed by atoms with E-state index in [-0.39, 0.29) is 0 Å². The topological polar surface area (TPSA) is 12.9 Å². The number of benzene rings is 1. The molecule has 0 radical (unpaired) electrons. The first-order valence-corrected chi connectivity index (χ1v) is 6.36. The number of fused-ring (bicyclic) bond motifs is 1. The smallest absolute Gasteiger partial charge is 0.0629 e. The molecule has 0 unspecified atom stereocenters. The third-order valence-corrected chi connectivity index (χ3v) is 3.51. The van der Waals surface area contributed by atoms with Crippen molar-refractivity contribution in [3.63, 3.8) is 0 Å². The molecule has 0 bridgehead atoms. The molecule has 2 heteroatoms. The van der Waals surface area contributed by atoms with E-state index < -0.39 is 0 Å². The molecule has 0 spiro atoms. The largest absolute Gasteiger partial charge is 0.257 e. The molecule has 2 heterocycles. The minimum absolute atomic E-state index is 0.984. The van der Waals surface area contributed by atoms with Gasteiger partial charge in [-0.2, -0.15) is 0 Å². The van der Waals surface area contributed by atoms with Gasteiger partial charge in [-0.1, -0.05) is 18.2 Å². The first kappa shape index (κ1) is 10.2. The predicted octanol–water partition coefficient (Wildman–Crippen LogP) is 4.47. The van der Waals surface area contributed by atoms with Crippen molar-refractivity contribution in [2.24, 2.45) is 0 Å². The zero-order valence-corrected chi connectivity index (χ0v) is 10.0. The molecule has 1 aromatic carbocycles. The molecule has 0 amide bonds. The highest BCUT2D eigenvalue weighted by atomic mass is 32.1. The zero-order valence-electron chi connectivity index (χ0n) is 9.21. The van der Waals surface area contributed by atoms with Crippen molar-refractivity contribution in [3.05, 3.63) is 65.3 Å². The van der Waals surface area contributed by atoms with E-state index >= 15 is 0 Å². The van der Waals surface area contributed by atoms with Crippen LogP contribution in [0.4, 0.5) is 0 Å². The van der Waals surface area contributed by atoms with Crippen LogP contribution >= 0.6 is 11.3 Å². The molecule has 2 aromatic heterocycles. The van der Waals surface area contributed by atoms with Crippen LogP contribution in [-0.2, 0) is 0 Å². The number of hydrogen-bond donors (Lipinski definition) is 0. The van der Waals surface area contributed by atoms with Crippen LogP contribution in [0.15, 0.2) is 54.0 Å². The van der Waals surface area contributed by atoms with Gasteiger partial charge in [-0.3, -0.25) is 4.98 Å². The van der Waals surface area contributed by atoms with Gasteiger partial charge in [0.25, 0.3) is 0 Å². The van der Waals surface area contributed by atoms with Gasteiger partial charge in [0, 0.05) is 10.9 Å². The fourth-order valence-electron chi connectivity index (χ4n) is 1.74. The van der Waals surface area contributed by atoms with Gasteiger partial charge in [-0.05, 0) is 52.7 Å². The fourth-order valence-corrected chi connectivity index (χ4v) is 2.52. The monoisotopic (exact) mass is 237 g/mol. The van der Waals surface area contributed by atoms with Gasteiger partial charge in [0.05, 0.1) is 5.69 Å². The number of rotatable bonds is 2. The lowest BCUT2D eigenvalue weighted by atomic mass is 10.1. The second-order valence-corrected chi connectivity index (χ2v) is 4.75. The van der Waals surface area contributed by atoms with Crippen molar-refractivity contribution in [2.45, 2.75) is 0 Å². The van der Waals surface area contributed by atoms with Gasteiger partial charge in [-0.25, -0.2) is 0 Å². The van der Waals surface area contributed by atoms with Crippen LogP contribution in [0.2, 0.25) is 0 Å². The summed E-state index contributed by atoms with van der Waals surface area (Å²) >= 11 is 1.77. The Hall–Kier alpha value is -1.93. The molecule has 0 aliphatic heterocycles. The maximum absolute atomic E-state index is 4.26. The van der Waals surface area contributed by atoms with Crippen LogP contribution in [0.1, 0.15) is 11.3 Å². The Kier molecular flexibility index (Phi) is 2.72. The molecule has 0 atom stereocenters. The molecule has 3 aromatic rings. The second kappa shape index (κ2) is 4.52. The van der Waals surface area contributed by atoms with Crippen LogP contribution in [0.3, 0.4) is 0 Å². The molecular formula is C15H11NS. The van der Waals surface area contributed by atoms with E-state index in [0.717, 1.165) is 5.69 Å². The Morgan fingerprint density at radius 1 is 1.00 bits per heavy atom. The van der Waals surface area contributed by atoms with Crippen molar-refractivity contribution in [3.8, 4) is 0 Å². The molecule has 1 nitrogen and oxygen atoms in total. The standard InChI is InChI=1S/C15H11NS/c1-2-9-16-14(3-1)6-4-12-5-7-15-13(11-12)8-10-17-15/h1-11H. The SMILES string of the molecule is C(=Cc1ccccn1)c1ccc2sccc2c1. The highest BCUT2D eigenvalue weighted by molar-refractivity contribution is 7.17. The molecule has 82 valence electrons. The molecule has 17 heavy (non-hydrogen) atoms. The van der Waals surface area contributed by atoms with Crippen LogP contribution in [-0.4, -0.2) is 4.98 Å². The third-order valence-electron chi connectivity index (χ3n) is 2.61. The van der Waals surface area contributed by atoms with Gasteiger partial charge >= 0.3 is 0 Å².